The third-order valence-electron chi connectivity index (χ3n) is 3.92. The lowest BCUT2D eigenvalue weighted by Crippen LogP contribution is -2.55. The van der Waals surface area contributed by atoms with Gasteiger partial charge in [-0.05, 0) is 19.3 Å². The summed E-state index contributed by atoms with van der Waals surface area (Å²) in [7, 11) is 0. The second kappa shape index (κ2) is 5.07. The van der Waals surface area contributed by atoms with Gasteiger partial charge in [0.15, 0.2) is 0 Å². The molecular weight excluding hydrogens is 216 g/mol. The number of hydrogen-bond donors (Lipinski definition) is 1. The van der Waals surface area contributed by atoms with Gasteiger partial charge >= 0.3 is 0 Å². The second-order valence-electron chi connectivity index (χ2n) is 5.23. The van der Waals surface area contributed by atoms with Crippen LogP contribution in [-0.4, -0.2) is 35.3 Å². The molecule has 0 bridgehead atoms. The molecule has 1 heterocycles. The Morgan fingerprint density at radius 3 is 2.65 bits per heavy atom. The summed E-state index contributed by atoms with van der Waals surface area (Å²) in [6.45, 7) is 3.51. The Labute approximate surface area is 103 Å². The van der Waals surface area contributed by atoms with Gasteiger partial charge in [0.25, 0.3) is 0 Å². The Balaban J connectivity index is 2.14. The topological polar surface area (TPSA) is 49.4 Å². The molecule has 96 valence electrons. The molecule has 1 N–H and O–H groups in total. The van der Waals surface area contributed by atoms with E-state index in [9.17, 15) is 9.59 Å². The molecule has 0 atom stereocenters. The molecule has 1 aliphatic carbocycles. The number of carbonyl (C=O) groups excluding carboxylic acids is 2. The molecule has 4 heteroatoms. The molecule has 1 spiro atoms. The van der Waals surface area contributed by atoms with E-state index in [-0.39, 0.29) is 11.8 Å². The molecule has 2 fully saturated rings. The molecule has 2 aliphatic rings. The van der Waals surface area contributed by atoms with Crippen LogP contribution in [0.2, 0.25) is 0 Å². The molecule has 0 aromatic carbocycles. The molecule has 1 saturated heterocycles. The maximum atomic E-state index is 12.5. The Kier molecular flexibility index (Phi) is 3.69. The van der Waals surface area contributed by atoms with Gasteiger partial charge in [-0.15, -0.1) is 0 Å². The highest BCUT2D eigenvalue weighted by molar-refractivity contribution is 5.93. The van der Waals surface area contributed by atoms with Crippen molar-refractivity contribution in [1.82, 2.24) is 10.2 Å². The summed E-state index contributed by atoms with van der Waals surface area (Å²) in [5.74, 6) is 0.202. The molecule has 0 radical (unpaired) electrons. The third-order valence-corrected chi connectivity index (χ3v) is 3.92. The van der Waals surface area contributed by atoms with E-state index in [4.69, 9.17) is 0 Å². The Morgan fingerprint density at radius 1 is 1.29 bits per heavy atom. The van der Waals surface area contributed by atoms with Crippen LogP contribution >= 0.6 is 0 Å². The van der Waals surface area contributed by atoms with Crippen LogP contribution < -0.4 is 5.32 Å². The SMILES string of the molecule is CCCCN1CCC(=O)NC2(CCCC2)C1=O. The number of carbonyl (C=O) groups is 2. The van der Waals surface area contributed by atoms with Crippen LogP contribution in [0.5, 0.6) is 0 Å². The van der Waals surface area contributed by atoms with Crippen LogP contribution in [0.15, 0.2) is 0 Å². The maximum Gasteiger partial charge on any atom is 0.248 e. The van der Waals surface area contributed by atoms with Crippen LogP contribution in [0, 0.1) is 0 Å². The molecule has 17 heavy (non-hydrogen) atoms. The Morgan fingerprint density at radius 2 is 2.00 bits per heavy atom. The van der Waals surface area contributed by atoms with E-state index in [0.717, 1.165) is 45.1 Å². The van der Waals surface area contributed by atoms with Crippen molar-refractivity contribution in [3.05, 3.63) is 0 Å². The molecule has 0 aromatic rings. The summed E-state index contributed by atoms with van der Waals surface area (Å²) < 4.78 is 0. The average molecular weight is 238 g/mol. The molecule has 4 nitrogen and oxygen atoms in total. The number of hydrogen-bond acceptors (Lipinski definition) is 2. The standard InChI is InChI=1S/C13H22N2O2/c1-2-3-9-15-10-6-11(16)14-13(12(15)17)7-4-5-8-13/h2-10H2,1H3,(H,14,16). The normalized spacial score (nSPS) is 23.9. The summed E-state index contributed by atoms with van der Waals surface area (Å²) in [5.41, 5.74) is -0.554. The van der Waals surface area contributed by atoms with E-state index < -0.39 is 5.54 Å². The summed E-state index contributed by atoms with van der Waals surface area (Å²) in [6.07, 6.45) is 6.30. The number of rotatable bonds is 3. The van der Waals surface area contributed by atoms with Crippen molar-refractivity contribution < 1.29 is 9.59 Å². The monoisotopic (exact) mass is 238 g/mol. The fourth-order valence-electron chi connectivity index (χ4n) is 2.90. The first-order valence-corrected chi connectivity index (χ1v) is 6.78. The number of unbranched alkanes of at least 4 members (excludes halogenated alkanes) is 1. The van der Waals surface area contributed by atoms with Crippen molar-refractivity contribution in [2.75, 3.05) is 13.1 Å². The minimum atomic E-state index is -0.554. The third kappa shape index (κ3) is 2.45. The minimum Gasteiger partial charge on any atom is -0.342 e. The van der Waals surface area contributed by atoms with Crippen LogP contribution in [-0.2, 0) is 9.59 Å². The summed E-state index contributed by atoms with van der Waals surface area (Å²) >= 11 is 0. The molecular formula is C13H22N2O2. The Bertz CT molecular complexity index is 309. The van der Waals surface area contributed by atoms with E-state index in [2.05, 4.69) is 12.2 Å². The van der Waals surface area contributed by atoms with Crippen LogP contribution in [0.3, 0.4) is 0 Å². The van der Waals surface area contributed by atoms with Crippen molar-refractivity contribution in [3.8, 4) is 0 Å². The average Bonchev–Trinajstić information content (AvgIpc) is 2.73. The summed E-state index contributed by atoms with van der Waals surface area (Å²) in [5, 5.41) is 2.98. The first kappa shape index (κ1) is 12.4. The highest BCUT2D eigenvalue weighted by Gasteiger charge is 2.46. The lowest BCUT2D eigenvalue weighted by molar-refractivity contribution is -0.138. The molecule has 1 saturated carbocycles. The van der Waals surface area contributed by atoms with Gasteiger partial charge in [0.2, 0.25) is 11.8 Å². The largest absolute Gasteiger partial charge is 0.342 e. The highest BCUT2D eigenvalue weighted by atomic mass is 16.2. The maximum absolute atomic E-state index is 12.5. The van der Waals surface area contributed by atoms with Crippen molar-refractivity contribution in [3.63, 3.8) is 0 Å². The predicted octanol–water partition coefficient (Wildman–Crippen LogP) is 1.45. The van der Waals surface area contributed by atoms with Gasteiger partial charge in [-0.3, -0.25) is 9.59 Å². The van der Waals surface area contributed by atoms with Gasteiger partial charge in [0, 0.05) is 19.5 Å². The van der Waals surface area contributed by atoms with E-state index in [1.165, 1.54) is 0 Å². The molecule has 0 aromatic heterocycles. The van der Waals surface area contributed by atoms with E-state index in [1.807, 2.05) is 4.90 Å². The summed E-state index contributed by atoms with van der Waals surface area (Å²) in [4.78, 5) is 26.1. The quantitative estimate of drug-likeness (QED) is 0.809. The lowest BCUT2D eigenvalue weighted by atomic mass is 9.96. The number of amides is 2. The second-order valence-corrected chi connectivity index (χ2v) is 5.23. The first-order chi connectivity index (χ1) is 8.18. The van der Waals surface area contributed by atoms with E-state index in [1.54, 1.807) is 0 Å². The van der Waals surface area contributed by atoms with Crippen molar-refractivity contribution >= 4 is 11.8 Å². The number of nitrogens with one attached hydrogen (secondary N) is 1. The molecule has 2 amide bonds. The lowest BCUT2D eigenvalue weighted by Gasteiger charge is -2.31. The zero-order valence-corrected chi connectivity index (χ0v) is 10.6. The van der Waals surface area contributed by atoms with Crippen molar-refractivity contribution in [2.45, 2.75) is 57.4 Å². The molecule has 0 unspecified atom stereocenters. The van der Waals surface area contributed by atoms with Gasteiger partial charge < -0.3 is 10.2 Å². The Hall–Kier alpha value is -1.06. The summed E-state index contributed by atoms with van der Waals surface area (Å²) in [6, 6.07) is 0. The van der Waals surface area contributed by atoms with Gasteiger partial charge in [0.05, 0.1) is 0 Å². The van der Waals surface area contributed by atoms with E-state index >= 15 is 0 Å². The van der Waals surface area contributed by atoms with Crippen LogP contribution in [0.25, 0.3) is 0 Å². The van der Waals surface area contributed by atoms with Crippen molar-refractivity contribution in [1.29, 1.82) is 0 Å². The molecule has 1 aliphatic heterocycles. The van der Waals surface area contributed by atoms with Gasteiger partial charge in [-0.2, -0.15) is 0 Å². The highest BCUT2D eigenvalue weighted by Crippen LogP contribution is 2.33. The fraction of sp³-hybridized carbons (Fsp3) is 0.846. The van der Waals surface area contributed by atoms with Gasteiger partial charge in [0.1, 0.15) is 5.54 Å². The zero-order valence-electron chi connectivity index (χ0n) is 10.6. The van der Waals surface area contributed by atoms with Crippen LogP contribution in [0.1, 0.15) is 51.9 Å². The smallest absolute Gasteiger partial charge is 0.248 e. The van der Waals surface area contributed by atoms with Gasteiger partial charge in [-0.25, -0.2) is 0 Å². The predicted molar refractivity (Wildman–Crippen MR) is 65.4 cm³/mol. The first-order valence-electron chi connectivity index (χ1n) is 6.78. The molecule has 2 rings (SSSR count). The minimum absolute atomic E-state index is 0.0410. The van der Waals surface area contributed by atoms with Gasteiger partial charge in [-0.1, -0.05) is 26.2 Å². The number of nitrogens with zero attached hydrogens (tertiary/aromatic N) is 1. The zero-order chi connectivity index (χ0) is 12.3. The van der Waals surface area contributed by atoms with Crippen LogP contribution in [0.4, 0.5) is 0 Å². The van der Waals surface area contributed by atoms with Crippen molar-refractivity contribution in [2.24, 2.45) is 0 Å². The van der Waals surface area contributed by atoms with E-state index in [0.29, 0.717) is 13.0 Å². The fourth-order valence-corrected chi connectivity index (χ4v) is 2.90.